The van der Waals surface area contributed by atoms with Crippen LogP contribution in [-0.4, -0.2) is 5.97 Å². The number of esters is 1. The van der Waals surface area contributed by atoms with Crippen molar-refractivity contribution in [1.82, 2.24) is 0 Å². The van der Waals surface area contributed by atoms with Crippen LogP contribution in [0.1, 0.15) is 47.7 Å². The van der Waals surface area contributed by atoms with Crippen LogP contribution in [0.25, 0.3) is 0 Å². The van der Waals surface area contributed by atoms with Crippen molar-refractivity contribution in [3.05, 3.63) is 59.2 Å². The first-order valence-corrected chi connectivity index (χ1v) is 7.77. The van der Waals surface area contributed by atoms with E-state index in [0.29, 0.717) is 17.0 Å². The van der Waals surface area contributed by atoms with Gasteiger partial charge in [-0.25, -0.2) is 4.79 Å². The van der Waals surface area contributed by atoms with Crippen molar-refractivity contribution in [2.24, 2.45) is 0 Å². The summed E-state index contributed by atoms with van der Waals surface area (Å²) in [4.78, 5) is 12.1. The zero-order valence-electron chi connectivity index (χ0n) is 13.3. The van der Waals surface area contributed by atoms with Crippen LogP contribution >= 0.6 is 0 Å². The molecule has 0 bridgehead atoms. The van der Waals surface area contributed by atoms with E-state index in [0.717, 1.165) is 12.0 Å². The summed E-state index contributed by atoms with van der Waals surface area (Å²) in [6.07, 6.45) is 4.73. The molecule has 0 unspecified atom stereocenters. The van der Waals surface area contributed by atoms with Crippen LogP contribution in [0, 0.1) is 6.92 Å². The van der Waals surface area contributed by atoms with Crippen LogP contribution in [-0.2, 0) is 6.42 Å². The lowest BCUT2D eigenvalue weighted by Crippen LogP contribution is -2.09. The van der Waals surface area contributed by atoms with Crippen molar-refractivity contribution in [2.45, 2.75) is 39.5 Å². The molecule has 0 aliphatic carbocycles. The molecular weight excluding hydrogens is 274 g/mol. The molecule has 0 atom stereocenters. The fourth-order valence-corrected chi connectivity index (χ4v) is 2.27. The minimum Gasteiger partial charge on any atom is -0.423 e. The standard InChI is InChI=1S/C19H23NO2/c1-3-4-5-6-15-7-10-17(11-8-15)22-19(21)16-9-12-18(20)14(2)13-16/h7-13H,3-6,20H2,1-2H3. The molecule has 22 heavy (non-hydrogen) atoms. The molecule has 116 valence electrons. The number of carbonyl (C=O) groups excluding carboxylic acids is 1. The molecule has 2 aromatic carbocycles. The minimum absolute atomic E-state index is 0.359. The second-order valence-electron chi connectivity index (χ2n) is 5.56. The Hall–Kier alpha value is -2.29. The molecule has 2 aromatic rings. The maximum Gasteiger partial charge on any atom is 0.343 e. The molecule has 0 aliphatic rings. The zero-order chi connectivity index (χ0) is 15.9. The maximum atomic E-state index is 12.1. The SMILES string of the molecule is CCCCCc1ccc(OC(=O)c2ccc(N)c(C)c2)cc1. The minimum atomic E-state index is -0.359. The van der Waals surface area contributed by atoms with Crippen molar-refractivity contribution >= 4 is 11.7 Å². The van der Waals surface area contributed by atoms with Crippen LogP contribution in [0.2, 0.25) is 0 Å². The Balaban J connectivity index is 1.97. The first kappa shape index (κ1) is 16.1. The molecule has 0 saturated carbocycles. The third-order valence-corrected chi connectivity index (χ3v) is 3.71. The third kappa shape index (κ3) is 4.35. The number of aryl methyl sites for hydroxylation is 2. The first-order valence-electron chi connectivity index (χ1n) is 7.77. The second kappa shape index (κ2) is 7.64. The largest absolute Gasteiger partial charge is 0.423 e. The van der Waals surface area contributed by atoms with Gasteiger partial charge in [0.2, 0.25) is 0 Å². The van der Waals surface area contributed by atoms with E-state index in [1.165, 1.54) is 24.8 Å². The van der Waals surface area contributed by atoms with Crippen molar-refractivity contribution in [2.75, 3.05) is 5.73 Å². The highest BCUT2D eigenvalue weighted by molar-refractivity contribution is 5.91. The molecular formula is C19H23NO2. The van der Waals surface area contributed by atoms with Gasteiger partial charge in [0.05, 0.1) is 5.56 Å². The van der Waals surface area contributed by atoms with Gasteiger partial charge in [-0.1, -0.05) is 31.9 Å². The van der Waals surface area contributed by atoms with Crippen molar-refractivity contribution in [3.8, 4) is 5.75 Å². The van der Waals surface area contributed by atoms with E-state index < -0.39 is 0 Å². The Morgan fingerprint density at radius 2 is 1.82 bits per heavy atom. The summed E-state index contributed by atoms with van der Waals surface area (Å²) in [5.41, 5.74) is 9.09. The van der Waals surface area contributed by atoms with E-state index >= 15 is 0 Å². The van der Waals surface area contributed by atoms with E-state index in [4.69, 9.17) is 10.5 Å². The van der Waals surface area contributed by atoms with Crippen LogP contribution in [0.5, 0.6) is 5.75 Å². The number of anilines is 1. The topological polar surface area (TPSA) is 52.3 Å². The molecule has 0 amide bonds. The van der Waals surface area contributed by atoms with Gasteiger partial charge in [-0.15, -0.1) is 0 Å². The molecule has 0 aromatic heterocycles. The Labute approximate surface area is 132 Å². The smallest absolute Gasteiger partial charge is 0.343 e. The number of carbonyl (C=O) groups is 1. The number of nitrogen functional groups attached to an aromatic ring is 1. The summed E-state index contributed by atoms with van der Waals surface area (Å²) in [6, 6.07) is 12.9. The van der Waals surface area contributed by atoms with Gasteiger partial charge in [-0.3, -0.25) is 0 Å². The molecule has 2 N–H and O–H groups in total. The van der Waals surface area contributed by atoms with Crippen molar-refractivity contribution in [3.63, 3.8) is 0 Å². The average molecular weight is 297 g/mol. The molecule has 3 nitrogen and oxygen atoms in total. The van der Waals surface area contributed by atoms with Crippen molar-refractivity contribution < 1.29 is 9.53 Å². The molecule has 3 heteroatoms. The summed E-state index contributed by atoms with van der Waals surface area (Å²) in [5.74, 6) is 0.209. The van der Waals surface area contributed by atoms with E-state index in [2.05, 4.69) is 6.92 Å². The summed E-state index contributed by atoms with van der Waals surface area (Å²) < 4.78 is 5.40. The second-order valence-corrected chi connectivity index (χ2v) is 5.56. The molecule has 0 saturated heterocycles. The number of nitrogens with two attached hydrogens (primary N) is 1. The van der Waals surface area contributed by atoms with Gasteiger partial charge in [-0.2, -0.15) is 0 Å². The molecule has 0 fully saturated rings. The zero-order valence-corrected chi connectivity index (χ0v) is 13.3. The fourth-order valence-electron chi connectivity index (χ4n) is 2.27. The maximum absolute atomic E-state index is 12.1. The van der Waals surface area contributed by atoms with Gasteiger partial charge >= 0.3 is 5.97 Å². The number of unbranched alkanes of at least 4 members (excludes halogenated alkanes) is 2. The molecule has 2 rings (SSSR count). The van der Waals surface area contributed by atoms with E-state index in [1.54, 1.807) is 18.2 Å². The van der Waals surface area contributed by atoms with Gasteiger partial charge in [0.15, 0.2) is 0 Å². The highest BCUT2D eigenvalue weighted by Crippen LogP contribution is 2.18. The normalized spacial score (nSPS) is 10.5. The highest BCUT2D eigenvalue weighted by Gasteiger charge is 2.09. The van der Waals surface area contributed by atoms with Gasteiger partial charge < -0.3 is 10.5 Å². The predicted molar refractivity (Wildman–Crippen MR) is 90.2 cm³/mol. The Morgan fingerprint density at radius 3 is 2.45 bits per heavy atom. The lowest BCUT2D eigenvalue weighted by molar-refractivity contribution is 0.0734. The molecule has 0 heterocycles. The lowest BCUT2D eigenvalue weighted by atomic mass is 10.1. The summed E-state index contributed by atoms with van der Waals surface area (Å²) in [6.45, 7) is 4.07. The van der Waals surface area contributed by atoms with Gasteiger partial charge in [0.25, 0.3) is 0 Å². The molecule has 0 spiro atoms. The van der Waals surface area contributed by atoms with Gasteiger partial charge in [-0.05, 0) is 61.2 Å². The van der Waals surface area contributed by atoms with Crippen LogP contribution in [0.4, 0.5) is 5.69 Å². The summed E-state index contributed by atoms with van der Waals surface area (Å²) in [5, 5.41) is 0. The summed E-state index contributed by atoms with van der Waals surface area (Å²) in [7, 11) is 0. The Kier molecular flexibility index (Phi) is 5.59. The first-order chi connectivity index (χ1) is 10.6. The van der Waals surface area contributed by atoms with Gasteiger partial charge in [0.1, 0.15) is 5.75 Å². The molecule has 0 aliphatic heterocycles. The van der Waals surface area contributed by atoms with E-state index in [1.807, 2.05) is 31.2 Å². The number of rotatable bonds is 6. The monoisotopic (exact) mass is 297 g/mol. The van der Waals surface area contributed by atoms with Crippen LogP contribution in [0.15, 0.2) is 42.5 Å². The lowest BCUT2D eigenvalue weighted by Gasteiger charge is -2.07. The predicted octanol–water partition coefficient (Wildman–Crippen LogP) is 4.53. The van der Waals surface area contributed by atoms with E-state index in [9.17, 15) is 4.79 Å². The summed E-state index contributed by atoms with van der Waals surface area (Å²) >= 11 is 0. The third-order valence-electron chi connectivity index (χ3n) is 3.71. The number of hydrogen-bond donors (Lipinski definition) is 1. The van der Waals surface area contributed by atoms with Crippen molar-refractivity contribution in [1.29, 1.82) is 0 Å². The number of hydrogen-bond acceptors (Lipinski definition) is 3. The highest BCUT2D eigenvalue weighted by atomic mass is 16.5. The molecule has 0 radical (unpaired) electrons. The van der Waals surface area contributed by atoms with Crippen LogP contribution < -0.4 is 10.5 Å². The van der Waals surface area contributed by atoms with E-state index in [-0.39, 0.29) is 5.97 Å². The van der Waals surface area contributed by atoms with Crippen LogP contribution in [0.3, 0.4) is 0 Å². The average Bonchev–Trinajstić information content (AvgIpc) is 2.52. The number of ether oxygens (including phenoxy) is 1. The Morgan fingerprint density at radius 1 is 1.09 bits per heavy atom. The quantitative estimate of drug-likeness (QED) is 0.369. The fraction of sp³-hybridized carbons (Fsp3) is 0.316. The Bertz CT molecular complexity index is 632. The number of benzene rings is 2. The van der Waals surface area contributed by atoms with Gasteiger partial charge in [0, 0.05) is 5.69 Å².